The first-order valence-electron chi connectivity index (χ1n) is 7.10. The number of hydrogen-bond acceptors (Lipinski definition) is 7. The molecule has 7 heteroatoms. The molecule has 1 aliphatic heterocycles. The zero-order valence-electron chi connectivity index (χ0n) is 12.4. The molecule has 1 unspecified atom stereocenters. The van der Waals surface area contributed by atoms with E-state index in [1.54, 1.807) is 11.8 Å². The van der Waals surface area contributed by atoms with Gasteiger partial charge >= 0.3 is 0 Å². The largest absolute Gasteiger partial charge is 0.377 e. The Labute approximate surface area is 124 Å². The average Bonchev–Trinajstić information content (AvgIpc) is 2.96. The van der Waals surface area contributed by atoms with Crippen LogP contribution in [0.2, 0.25) is 0 Å². The number of anilines is 2. The molecule has 0 aromatic carbocycles. The van der Waals surface area contributed by atoms with Gasteiger partial charge in [-0.3, -0.25) is 0 Å². The van der Waals surface area contributed by atoms with Crippen LogP contribution < -0.4 is 10.2 Å². The predicted octanol–water partition coefficient (Wildman–Crippen LogP) is 2.03. The van der Waals surface area contributed by atoms with Gasteiger partial charge in [-0.2, -0.15) is 15.0 Å². The summed E-state index contributed by atoms with van der Waals surface area (Å²) in [5.41, 5.74) is 0. The summed E-state index contributed by atoms with van der Waals surface area (Å²) in [4.78, 5) is 15.2. The Balaban J connectivity index is 2.02. The molecule has 0 spiro atoms. The second kappa shape index (κ2) is 7.64. The molecule has 1 aliphatic rings. The van der Waals surface area contributed by atoms with Gasteiger partial charge in [0.1, 0.15) is 0 Å². The minimum Gasteiger partial charge on any atom is -0.377 e. The van der Waals surface area contributed by atoms with Crippen LogP contribution in [0.4, 0.5) is 11.9 Å². The van der Waals surface area contributed by atoms with Gasteiger partial charge in [0.05, 0.1) is 6.10 Å². The SMILES string of the molecule is CCCNc1nc(SCC2CCCO2)nc(N(C)C)n1. The van der Waals surface area contributed by atoms with Crippen molar-refractivity contribution in [3.63, 3.8) is 0 Å². The fourth-order valence-corrected chi connectivity index (χ4v) is 2.76. The molecule has 0 bridgehead atoms. The maximum absolute atomic E-state index is 5.63. The minimum absolute atomic E-state index is 0.339. The van der Waals surface area contributed by atoms with Gasteiger partial charge in [0.25, 0.3) is 0 Å². The minimum atomic E-state index is 0.339. The van der Waals surface area contributed by atoms with E-state index in [1.807, 2.05) is 19.0 Å². The van der Waals surface area contributed by atoms with Gasteiger partial charge in [0, 0.05) is 33.0 Å². The molecule has 1 aromatic rings. The average molecular weight is 297 g/mol. The van der Waals surface area contributed by atoms with E-state index in [1.165, 1.54) is 0 Å². The maximum atomic E-state index is 5.63. The van der Waals surface area contributed by atoms with Gasteiger partial charge in [-0.15, -0.1) is 0 Å². The Morgan fingerprint density at radius 3 is 2.85 bits per heavy atom. The van der Waals surface area contributed by atoms with Gasteiger partial charge in [-0.05, 0) is 19.3 Å². The maximum Gasteiger partial charge on any atom is 0.230 e. The molecule has 0 radical (unpaired) electrons. The lowest BCUT2D eigenvalue weighted by atomic mass is 10.3. The van der Waals surface area contributed by atoms with E-state index in [-0.39, 0.29) is 0 Å². The van der Waals surface area contributed by atoms with Crippen LogP contribution in [0.15, 0.2) is 5.16 Å². The predicted molar refractivity (Wildman–Crippen MR) is 82.6 cm³/mol. The van der Waals surface area contributed by atoms with Crippen LogP contribution in [-0.2, 0) is 4.74 Å². The molecule has 1 N–H and O–H groups in total. The number of hydrogen-bond donors (Lipinski definition) is 1. The Morgan fingerprint density at radius 1 is 1.35 bits per heavy atom. The molecule has 0 amide bonds. The Hall–Kier alpha value is -1.08. The first-order chi connectivity index (χ1) is 9.69. The van der Waals surface area contributed by atoms with E-state index in [9.17, 15) is 0 Å². The number of rotatable bonds is 7. The third-order valence-electron chi connectivity index (χ3n) is 2.96. The topological polar surface area (TPSA) is 63.2 Å². The lowest BCUT2D eigenvalue weighted by Crippen LogP contribution is -2.16. The molecule has 1 aromatic heterocycles. The first kappa shape index (κ1) is 15.3. The highest BCUT2D eigenvalue weighted by molar-refractivity contribution is 7.99. The van der Waals surface area contributed by atoms with Crippen LogP contribution in [0.5, 0.6) is 0 Å². The molecule has 6 nitrogen and oxygen atoms in total. The highest BCUT2D eigenvalue weighted by Crippen LogP contribution is 2.23. The summed E-state index contributed by atoms with van der Waals surface area (Å²) >= 11 is 1.64. The summed E-state index contributed by atoms with van der Waals surface area (Å²) in [5.74, 6) is 2.25. The van der Waals surface area contributed by atoms with Crippen LogP contribution in [0.25, 0.3) is 0 Å². The van der Waals surface area contributed by atoms with Crippen LogP contribution >= 0.6 is 11.8 Å². The molecule has 1 saturated heterocycles. The molecule has 2 heterocycles. The fraction of sp³-hybridized carbons (Fsp3) is 0.769. The van der Waals surface area contributed by atoms with Crippen LogP contribution in [0.1, 0.15) is 26.2 Å². The molecule has 20 heavy (non-hydrogen) atoms. The summed E-state index contributed by atoms with van der Waals surface area (Å²) in [7, 11) is 3.88. The summed E-state index contributed by atoms with van der Waals surface area (Å²) in [6.45, 7) is 3.87. The summed E-state index contributed by atoms with van der Waals surface area (Å²) in [5, 5.41) is 3.99. The Bertz CT molecular complexity index is 423. The Kier molecular flexibility index (Phi) is 5.85. The summed E-state index contributed by atoms with van der Waals surface area (Å²) < 4.78 is 5.63. The van der Waals surface area contributed by atoms with Gasteiger partial charge < -0.3 is 15.0 Å². The molecular weight excluding hydrogens is 274 g/mol. The van der Waals surface area contributed by atoms with Gasteiger partial charge in [0.15, 0.2) is 5.16 Å². The van der Waals surface area contributed by atoms with Gasteiger partial charge in [0.2, 0.25) is 11.9 Å². The number of ether oxygens (including phenoxy) is 1. The van der Waals surface area contributed by atoms with E-state index in [2.05, 4.69) is 27.2 Å². The summed E-state index contributed by atoms with van der Waals surface area (Å²) in [6, 6.07) is 0. The Morgan fingerprint density at radius 2 is 2.20 bits per heavy atom. The third kappa shape index (κ3) is 4.49. The van der Waals surface area contributed by atoms with E-state index >= 15 is 0 Å². The molecule has 1 fully saturated rings. The number of aromatic nitrogens is 3. The molecule has 0 saturated carbocycles. The van der Waals surface area contributed by atoms with E-state index in [4.69, 9.17) is 4.74 Å². The number of nitrogens with zero attached hydrogens (tertiary/aromatic N) is 4. The molecule has 0 aliphatic carbocycles. The van der Waals surface area contributed by atoms with Crippen molar-refractivity contribution in [3.8, 4) is 0 Å². The van der Waals surface area contributed by atoms with Crippen molar-refractivity contribution in [2.45, 2.75) is 37.4 Å². The highest BCUT2D eigenvalue weighted by Gasteiger charge is 2.17. The second-order valence-corrected chi connectivity index (χ2v) is 6.00. The van der Waals surface area contributed by atoms with Gasteiger partial charge in [-0.1, -0.05) is 18.7 Å². The highest BCUT2D eigenvalue weighted by atomic mass is 32.2. The fourth-order valence-electron chi connectivity index (χ4n) is 1.87. The summed E-state index contributed by atoms with van der Waals surface area (Å²) in [6.07, 6.45) is 3.68. The lowest BCUT2D eigenvalue weighted by molar-refractivity contribution is 0.129. The van der Waals surface area contributed by atoms with Crippen molar-refractivity contribution >= 4 is 23.7 Å². The number of thioether (sulfide) groups is 1. The second-order valence-electron chi connectivity index (χ2n) is 5.01. The smallest absolute Gasteiger partial charge is 0.230 e. The monoisotopic (exact) mass is 297 g/mol. The molecule has 112 valence electrons. The molecule has 2 rings (SSSR count). The zero-order valence-corrected chi connectivity index (χ0v) is 13.2. The van der Waals surface area contributed by atoms with Crippen molar-refractivity contribution < 1.29 is 4.74 Å². The van der Waals surface area contributed by atoms with Crippen LogP contribution in [-0.4, -0.2) is 54.1 Å². The van der Waals surface area contributed by atoms with Crippen molar-refractivity contribution in [2.75, 3.05) is 43.2 Å². The van der Waals surface area contributed by atoms with E-state index in [0.29, 0.717) is 18.0 Å². The molecular formula is C13H23N5OS. The van der Waals surface area contributed by atoms with Crippen LogP contribution in [0, 0.1) is 0 Å². The van der Waals surface area contributed by atoms with Crippen LogP contribution in [0.3, 0.4) is 0 Å². The normalized spacial score (nSPS) is 18.2. The van der Waals surface area contributed by atoms with E-state index < -0.39 is 0 Å². The lowest BCUT2D eigenvalue weighted by Gasteiger charge is -2.14. The standard InChI is InChI=1S/C13H23N5OS/c1-4-7-14-11-15-12(18(2)3)17-13(16-11)20-9-10-6-5-8-19-10/h10H,4-9H2,1-3H3,(H,14,15,16,17). The number of nitrogens with one attached hydrogen (secondary N) is 1. The van der Waals surface area contributed by atoms with Crippen molar-refractivity contribution in [3.05, 3.63) is 0 Å². The first-order valence-corrected chi connectivity index (χ1v) is 8.09. The van der Waals surface area contributed by atoms with Crippen molar-refractivity contribution in [1.82, 2.24) is 15.0 Å². The quantitative estimate of drug-likeness (QED) is 0.773. The molecule has 1 atom stereocenters. The zero-order chi connectivity index (χ0) is 14.4. The van der Waals surface area contributed by atoms with Crippen molar-refractivity contribution in [2.24, 2.45) is 0 Å². The van der Waals surface area contributed by atoms with Crippen molar-refractivity contribution in [1.29, 1.82) is 0 Å². The van der Waals surface area contributed by atoms with Gasteiger partial charge in [-0.25, -0.2) is 0 Å². The third-order valence-corrected chi connectivity index (χ3v) is 3.94. The van der Waals surface area contributed by atoms with E-state index in [0.717, 1.165) is 43.3 Å².